The van der Waals surface area contributed by atoms with Crippen molar-refractivity contribution < 1.29 is 14.3 Å². The van der Waals surface area contributed by atoms with E-state index in [9.17, 15) is 4.79 Å². The Balaban J connectivity index is 2.67. The molecule has 0 heterocycles. The van der Waals surface area contributed by atoms with Crippen molar-refractivity contribution in [3.63, 3.8) is 0 Å². The molecular formula is C15H23NO3. The summed E-state index contributed by atoms with van der Waals surface area (Å²) in [6, 6.07) is 0. The predicted molar refractivity (Wildman–Crippen MR) is 75.5 cm³/mol. The number of carbonyl (C=O) groups is 1. The SMILES string of the molecule is COC1=C\CCC\C=C(NC(=O)OC(C)(C)C)/C=C\1. The second-order valence-electron chi connectivity index (χ2n) is 5.36. The molecule has 0 radical (unpaired) electrons. The van der Waals surface area contributed by atoms with E-state index < -0.39 is 11.7 Å². The minimum absolute atomic E-state index is 0.439. The lowest BCUT2D eigenvalue weighted by molar-refractivity contribution is 0.0547. The van der Waals surface area contributed by atoms with Gasteiger partial charge in [-0.05, 0) is 58.3 Å². The number of ether oxygens (including phenoxy) is 2. The Labute approximate surface area is 115 Å². The maximum absolute atomic E-state index is 11.7. The monoisotopic (exact) mass is 265 g/mol. The molecule has 0 aromatic rings. The van der Waals surface area contributed by atoms with Crippen LogP contribution in [0.3, 0.4) is 0 Å². The fourth-order valence-electron chi connectivity index (χ4n) is 1.59. The molecule has 106 valence electrons. The minimum atomic E-state index is -0.496. The van der Waals surface area contributed by atoms with Crippen LogP contribution in [-0.2, 0) is 9.47 Å². The highest BCUT2D eigenvalue weighted by Crippen LogP contribution is 2.12. The predicted octanol–water partition coefficient (Wildman–Crippen LogP) is 3.67. The van der Waals surface area contributed by atoms with Gasteiger partial charge in [0.25, 0.3) is 0 Å². The van der Waals surface area contributed by atoms with Gasteiger partial charge in [0, 0.05) is 5.70 Å². The number of alkyl carbamates (subject to hydrolysis) is 1. The molecular weight excluding hydrogens is 242 g/mol. The first-order valence-corrected chi connectivity index (χ1v) is 6.53. The van der Waals surface area contributed by atoms with Gasteiger partial charge in [0.1, 0.15) is 11.4 Å². The van der Waals surface area contributed by atoms with Crippen molar-refractivity contribution in [1.29, 1.82) is 0 Å². The van der Waals surface area contributed by atoms with Gasteiger partial charge in [-0.1, -0.05) is 6.08 Å². The summed E-state index contributed by atoms with van der Waals surface area (Å²) in [5.41, 5.74) is 0.240. The lowest BCUT2D eigenvalue weighted by atomic mass is 10.2. The molecule has 1 amide bonds. The summed E-state index contributed by atoms with van der Waals surface area (Å²) in [6.07, 6.45) is 10.2. The van der Waals surface area contributed by atoms with Crippen LogP contribution >= 0.6 is 0 Å². The molecule has 0 unspecified atom stereocenters. The van der Waals surface area contributed by atoms with Gasteiger partial charge in [-0.3, -0.25) is 5.32 Å². The number of rotatable bonds is 2. The Morgan fingerprint density at radius 2 is 1.89 bits per heavy atom. The number of carbonyl (C=O) groups excluding carboxylic acids is 1. The van der Waals surface area contributed by atoms with Crippen molar-refractivity contribution in [2.75, 3.05) is 7.11 Å². The summed E-state index contributed by atoms with van der Waals surface area (Å²) >= 11 is 0. The molecule has 0 spiro atoms. The van der Waals surface area contributed by atoms with E-state index in [-0.39, 0.29) is 0 Å². The van der Waals surface area contributed by atoms with Crippen LogP contribution in [0.2, 0.25) is 0 Å². The van der Waals surface area contributed by atoms with Crippen LogP contribution in [0.25, 0.3) is 0 Å². The van der Waals surface area contributed by atoms with Gasteiger partial charge >= 0.3 is 6.09 Å². The smallest absolute Gasteiger partial charge is 0.412 e. The molecule has 0 aromatic carbocycles. The van der Waals surface area contributed by atoms with Gasteiger partial charge in [-0.25, -0.2) is 4.79 Å². The van der Waals surface area contributed by atoms with Crippen LogP contribution in [0.15, 0.2) is 35.8 Å². The zero-order valence-electron chi connectivity index (χ0n) is 12.2. The topological polar surface area (TPSA) is 47.6 Å². The normalized spacial score (nSPS) is 23.6. The molecule has 1 aliphatic rings. The van der Waals surface area contributed by atoms with Crippen molar-refractivity contribution in [3.8, 4) is 0 Å². The summed E-state index contributed by atoms with van der Waals surface area (Å²) in [5, 5.41) is 2.75. The second-order valence-corrected chi connectivity index (χ2v) is 5.36. The highest BCUT2D eigenvalue weighted by atomic mass is 16.6. The van der Waals surface area contributed by atoms with Gasteiger partial charge in [-0.15, -0.1) is 0 Å². The summed E-state index contributed by atoms with van der Waals surface area (Å²) in [4.78, 5) is 11.7. The van der Waals surface area contributed by atoms with E-state index in [0.717, 1.165) is 30.7 Å². The molecule has 19 heavy (non-hydrogen) atoms. The minimum Gasteiger partial charge on any atom is -0.497 e. The largest absolute Gasteiger partial charge is 0.497 e. The molecule has 0 aromatic heterocycles. The lowest BCUT2D eigenvalue weighted by Gasteiger charge is -2.20. The number of methoxy groups -OCH3 is 1. The van der Waals surface area contributed by atoms with Crippen LogP contribution in [0.5, 0.6) is 0 Å². The third kappa shape index (κ3) is 6.70. The van der Waals surface area contributed by atoms with Crippen LogP contribution in [-0.4, -0.2) is 18.8 Å². The molecule has 0 bridgehead atoms. The van der Waals surface area contributed by atoms with Crippen molar-refractivity contribution in [2.24, 2.45) is 0 Å². The average molecular weight is 265 g/mol. The highest BCUT2D eigenvalue weighted by Gasteiger charge is 2.16. The van der Waals surface area contributed by atoms with Crippen molar-refractivity contribution in [1.82, 2.24) is 5.32 Å². The fourth-order valence-corrected chi connectivity index (χ4v) is 1.59. The summed E-state index contributed by atoms with van der Waals surface area (Å²) in [5.74, 6) is 0.804. The zero-order valence-corrected chi connectivity index (χ0v) is 12.2. The Kier molecular flexibility index (Phi) is 5.67. The van der Waals surface area contributed by atoms with E-state index in [1.165, 1.54) is 0 Å². The molecule has 0 saturated heterocycles. The first kappa shape index (κ1) is 15.3. The van der Waals surface area contributed by atoms with E-state index in [1.807, 2.05) is 45.1 Å². The molecule has 0 atom stereocenters. The van der Waals surface area contributed by atoms with E-state index in [2.05, 4.69) is 5.32 Å². The molecule has 4 nitrogen and oxygen atoms in total. The zero-order chi connectivity index (χ0) is 14.3. The molecule has 4 heteroatoms. The van der Waals surface area contributed by atoms with Gasteiger partial charge < -0.3 is 9.47 Å². The Hall–Kier alpha value is -1.71. The van der Waals surface area contributed by atoms with Crippen LogP contribution in [0, 0.1) is 0 Å². The number of allylic oxidation sites excluding steroid dienone is 4. The average Bonchev–Trinajstić information content (AvgIpc) is 2.39. The van der Waals surface area contributed by atoms with Gasteiger partial charge in [-0.2, -0.15) is 0 Å². The third-order valence-electron chi connectivity index (χ3n) is 2.43. The number of amides is 1. The van der Waals surface area contributed by atoms with E-state index in [0.29, 0.717) is 0 Å². The van der Waals surface area contributed by atoms with E-state index in [4.69, 9.17) is 9.47 Å². The third-order valence-corrected chi connectivity index (χ3v) is 2.43. The maximum Gasteiger partial charge on any atom is 0.412 e. The van der Waals surface area contributed by atoms with Crippen molar-refractivity contribution in [3.05, 3.63) is 35.8 Å². The van der Waals surface area contributed by atoms with E-state index in [1.54, 1.807) is 7.11 Å². The second kappa shape index (κ2) is 7.02. The van der Waals surface area contributed by atoms with Crippen molar-refractivity contribution in [2.45, 2.75) is 45.6 Å². The molecule has 0 aliphatic heterocycles. The molecule has 1 aliphatic carbocycles. The number of hydrogen-bond donors (Lipinski definition) is 1. The first-order chi connectivity index (χ1) is 8.90. The lowest BCUT2D eigenvalue weighted by Crippen LogP contribution is -2.31. The molecule has 1 rings (SSSR count). The number of hydrogen-bond acceptors (Lipinski definition) is 3. The standard InChI is InChI=1S/C15H23NO3/c1-15(2,3)19-14(17)16-12-8-6-5-7-9-13(18-4)11-10-12/h8-11H,5-7H2,1-4H3,(H,16,17)/b11-10-,12-8+,13-9-. The molecule has 1 N–H and O–H groups in total. The highest BCUT2D eigenvalue weighted by molar-refractivity contribution is 5.70. The Bertz CT molecular complexity index is 400. The number of nitrogens with one attached hydrogen (secondary N) is 1. The Morgan fingerprint density at radius 1 is 1.21 bits per heavy atom. The molecule has 0 saturated carbocycles. The van der Waals surface area contributed by atoms with Gasteiger partial charge in [0.15, 0.2) is 0 Å². The van der Waals surface area contributed by atoms with Gasteiger partial charge in [0.2, 0.25) is 0 Å². The summed E-state index contributed by atoms with van der Waals surface area (Å²) in [6.45, 7) is 5.52. The summed E-state index contributed by atoms with van der Waals surface area (Å²) < 4.78 is 10.4. The summed E-state index contributed by atoms with van der Waals surface area (Å²) in [7, 11) is 1.64. The van der Waals surface area contributed by atoms with Crippen LogP contribution in [0.1, 0.15) is 40.0 Å². The van der Waals surface area contributed by atoms with Gasteiger partial charge in [0.05, 0.1) is 7.11 Å². The quantitative estimate of drug-likeness (QED) is 0.828. The Morgan fingerprint density at radius 3 is 2.53 bits per heavy atom. The maximum atomic E-state index is 11.7. The molecule has 0 fully saturated rings. The van der Waals surface area contributed by atoms with E-state index >= 15 is 0 Å². The van der Waals surface area contributed by atoms with Crippen molar-refractivity contribution >= 4 is 6.09 Å². The van der Waals surface area contributed by atoms with Crippen LogP contribution < -0.4 is 5.32 Å². The fraction of sp³-hybridized carbons (Fsp3) is 0.533. The first-order valence-electron chi connectivity index (χ1n) is 6.53. The van der Waals surface area contributed by atoms with Crippen LogP contribution in [0.4, 0.5) is 4.79 Å².